The Labute approximate surface area is 117 Å². The topological polar surface area (TPSA) is 35.5 Å². The number of esters is 1. The predicted molar refractivity (Wildman–Crippen MR) is 75.5 cm³/mol. The Kier molecular flexibility index (Phi) is 6.80. The maximum atomic E-state index is 11.7. The minimum Gasteiger partial charge on any atom is -0.492 e. The van der Waals surface area contributed by atoms with Crippen LogP contribution < -0.4 is 4.74 Å². The zero-order chi connectivity index (χ0) is 13.4. The van der Waals surface area contributed by atoms with Crippen LogP contribution in [0.5, 0.6) is 5.75 Å². The number of ether oxygens (including phenoxy) is 2. The van der Waals surface area contributed by atoms with Gasteiger partial charge in [-0.3, -0.25) is 0 Å². The van der Waals surface area contributed by atoms with Gasteiger partial charge in [0.15, 0.2) is 0 Å². The first-order chi connectivity index (χ1) is 8.72. The van der Waals surface area contributed by atoms with Gasteiger partial charge < -0.3 is 9.47 Å². The lowest BCUT2D eigenvalue weighted by Gasteiger charge is -2.15. The highest BCUT2D eigenvalue weighted by Gasteiger charge is 2.14. The van der Waals surface area contributed by atoms with E-state index >= 15 is 0 Å². The van der Waals surface area contributed by atoms with E-state index in [0.29, 0.717) is 30.4 Å². The summed E-state index contributed by atoms with van der Waals surface area (Å²) in [5.74, 6) is 0.704. The van der Waals surface area contributed by atoms with Crippen LogP contribution in [-0.2, 0) is 4.74 Å². The molecule has 0 aliphatic heterocycles. The zero-order valence-electron chi connectivity index (χ0n) is 10.8. The molecule has 1 aromatic rings. The van der Waals surface area contributed by atoms with Gasteiger partial charge in [0.2, 0.25) is 0 Å². The lowest BCUT2D eigenvalue weighted by Crippen LogP contribution is -2.14. The van der Waals surface area contributed by atoms with Crippen molar-refractivity contribution in [3.8, 4) is 5.75 Å². The molecule has 0 aromatic heterocycles. The van der Waals surface area contributed by atoms with Gasteiger partial charge >= 0.3 is 5.97 Å². The van der Waals surface area contributed by atoms with Crippen LogP contribution in [0, 0.1) is 5.92 Å². The number of para-hydroxylation sites is 1. The summed E-state index contributed by atoms with van der Waals surface area (Å²) in [7, 11) is 0. The van der Waals surface area contributed by atoms with Gasteiger partial charge in [0.25, 0.3) is 0 Å². The zero-order valence-corrected chi connectivity index (χ0v) is 12.4. The average molecular weight is 315 g/mol. The molecule has 0 aliphatic carbocycles. The van der Waals surface area contributed by atoms with Crippen molar-refractivity contribution in [3.05, 3.63) is 29.8 Å². The van der Waals surface area contributed by atoms with Crippen molar-refractivity contribution >= 4 is 21.9 Å². The van der Waals surface area contributed by atoms with Gasteiger partial charge in [-0.15, -0.1) is 0 Å². The van der Waals surface area contributed by atoms with E-state index in [1.807, 2.05) is 6.07 Å². The van der Waals surface area contributed by atoms with Crippen molar-refractivity contribution < 1.29 is 14.3 Å². The summed E-state index contributed by atoms with van der Waals surface area (Å²) in [4.78, 5) is 11.7. The second-order valence-electron chi connectivity index (χ2n) is 3.96. The molecule has 0 N–H and O–H groups in total. The van der Waals surface area contributed by atoms with Gasteiger partial charge in [0, 0.05) is 11.2 Å². The highest BCUT2D eigenvalue weighted by atomic mass is 79.9. The molecule has 4 heteroatoms. The van der Waals surface area contributed by atoms with Crippen molar-refractivity contribution in [2.24, 2.45) is 5.92 Å². The van der Waals surface area contributed by atoms with Gasteiger partial charge in [-0.25, -0.2) is 4.79 Å². The molecule has 1 aromatic carbocycles. The Hall–Kier alpha value is -1.03. The normalized spacial score (nSPS) is 11.9. The minimum atomic E-state index is -0.333. The number of benzene rings is 1. The summed E-state index contributed by atoms with van der Waals surface area (Å²) in [6.07, 6.45) is 1.03. The van der Waals surface area contributed by atoms with Gasteiger partial charge in [0.1, 0.15) is 11.3 Å². The van der Waals surface area contributed by atoms with E-state index in [9.17, 15) is 4.79 Å². The third kappa shape index (κ3) is 4.33. The number of hydrogen-bond donors (Lipinski definition) is 0. The van der Waals surface area contributed by atoms with Crippen molar-refractivity contribution in [2.75, 3.05) is 18.5 Å². The van der Waals surface area contributed by atoms with E-state index in [2.05, 4.69) is 22.9 Å². The molecule has 1 unspecified atom stereocenters. The first-order valence-electron chi connectivity index (χ1n) is 6.17. The van der Waals surface area contributed by atoms with Crippen molar-refractivity contribution in [1.29, 1.82) is 0 Å². The van der Waals surface area contributed by atoms with Crippen molar-refractivity contribution in [3.63, 3.8) is 0 Å². The molecule has 0 saturated carbocycles. The summed E-state index contributed by atoms with van der Waals surface area (Å²) in [6.45, 7) is 4.87. The number of hydrogen-bond acceptors (Lipinski definition) is 3. The molecule has 0 spiro atoms. The fourth-order valence-electron chi connectivity index (χ4n) is 1.45. The molecular formula is C14H19BrO3. The summed E-state index contributed by atoms with van der Waals surface area (Å²) in [5.41, 5.74) is 0.490. The molecule has 0 bridgehead atoms. The molecule has 0 amide bonds. The van der Waals surface area contributed by atoms with Crippen LogP contribution in [0.15, 0.2) is 24.3 Å². The van der Waals surface area contributed by atoms with Crippen LogP contribution in [0.25, 0.3) is 0 Å². The minimum absolute atomic E-state index is 0.333. The Bertz CT molecular complexity index is 375. The van der Waals surface area contributed by atoms with E-state index in [1.54, 1.807) is 25.1 Å². The molecule has 0 fully saturated rings. The second-order valence-corrected chi connectivity index (χ2v) is 4.60. The molecule has 18 heavy (non-hydrogen) atoms. The summed E-state index contributed by atoms with van der Waals surface area (Å²) in [5, 5.41) is 0.894. The average Bonchev–Trinajstić information content (AvgIpc) is 2.40. The molecular weight excluding hydrogens is 296 g/mol. The largest absolute Gasteiger partial charge is 0.492 e. The first kappa shape index (κ1) is 15.0. The molecule has 0 aliphatic rings. The Morgan fingerprint density at radius 2 is 2.06 bits per heavy atom. The molecule has 1 rings (SSSR count). The highest BCUT2D eigenvalue weighted by Crippen LogP contribution is 2.20. The van der Waals surface area contributed by atoms with Crippen LogP contribution in [0.2, 0.25) is 0 Å². The van der Waals surface area contributed by atoms with Crippen molar-refractivity contribution in [1.82, 2.24) is 0 Å². The van der Waals surface area contributed by atoms with E-state index in [-0.39, 0.29) is 5.97 Å². The smallest absolute Gasteiger partial charge is 0.341 e. The monoisotopic (exact) mass is 314 g/mol. The molecule has 1 atom stereocenters. The number of halogens is 1. The van der Waals surface area contributed by atoms with Crippen LogP contribution in [0.4, 0.5) is 0 Å². The fourth-order valence-corrected chi connectivity index (χ4v) is 2.09. The highest BCUT2D eigenvalue weighted by molar-refractivity contribution is 9.09. The molecule has 100 valence electrons. The third-order valence-electron chi connectivity index (χ3n) is 2.65. The maximum absolute atomic E-state index is 11.7. The van der Waals surface area contributed by atoms with Crippen LogP contribution in [0.3, 0.4) is 0 Å². The molecule has 0 heterocycles. The third-order valence-corrected chi connectivity index (χ3v) is 3.57. The number of rotatable bonds is 7. The van der Waals surface area contributed by atoms with Crippen molar-refractivity contribution in [2.45, 2.75) is 20.3 Å². The Balaban J connectivity index is 2.73. The number of carbonyl (C=O) groups is 1. The predicted octanol–water partition coefficient (Wildman–Crippen LogP) is 3.66. The standard InChI is InChI=1S/C14H19BrO3/c1-3-11(9-15)10-18-13-8-6-5-7-12(13)14(16)17-4-2/h5-8,11H,3-4,9-10H2,1-2H3. The molecule has 3 nitrogen and oxygen atoms in total. The second kappa shape index (κ2) is 8.14. The van der Waals surface area contributed by atoms with Gasteiger partial charge in [-0.2, -0.15) is 0 Å². The number of alkyl halides is 1. The van der Waals surface area contributed by atoms with E-state index in [1.165, 1.54) is 0 Å². The fraction of sp³-hybridized carbons (Fsp3) is 0.500. The van der Waals surface area contributed by atoms with Crippen LogP contribution in [-0.4, -0.2) is 24.5 Å². The van der Waals surface area contributed by atoms with E-state index in [4.69, 9.17) is 9.47 Å². The summed E-state index contributed by atoms with van der Waals surface area (Å²) >= 11 is 3.45. The van der Waals surface area contributed by atoms with E-state index in [0.717, 1.165) is 11.8 Å². The molecule has 0 radical (unpaired) electrons. The van der Waals surface area contributed by atoms with Crippen LogP contribution in [0.1, 0.15) is 30.6 Å². The van der Waals surface area contributed by atoms with Gasteiger partial charge in [0.05, 0.1) is 13.2 Å². The van der Waals surface area contributed by atoms with Gasteiger partial charge in [-0.1, -0.05) is 35.0 Å². The summed E-state index contributed by atoms with van der Waals surface area (Å²) < 4.78 is 10.7. The van der Waals surface area contributed by atoms with E-state index < -0.39 is 0 Å². The number of carbonyl (C=O) groups excluding carboxylic acids is 1. The SMILES string of the molecule is CCOC(=O)c1ccccc1OCC(CC)CBr. The van der Waals surface area contributed by atoms with Crippen LogP contribution >= 0.6 is 15.9 Å². The summed E-state index contributed by atoms with van der Waals surface area (Å²) in [6, 6.07) is 7.18. The first-order valence-corrected chi connectivity index (χ1v) is 7.29. The Morgan fingerprint density at radius 1 is 1.33 bits per heavy atom. The lowest BCUT2D eigenvalue weighted by atomic mass is 10.1. The lowest BCUT2D eigenvalue weighted by molar-refractivity contribution is 0.0521. The van der Waals surface area contributed by atoms with Gasteiger partial charge in [-0.05, 0) is 25.5 Å². The quantitative estimate of drug-likeness (QED) is 0.569. The Morgan fingerprint density at radius 3 is 2.67 bits per heavy atom. The molecule has 0 saturated heterocycles. The maximum Gasteiger partial charge on any atom is 0.341 e.